The molecule has 0 radical (unpaired) electrons. The maximum Gasteiger partial charge on any atom is 0.248 e. The molecule has 6 heteroatoms. The van der Waals surface area contributed by atoms with Crippen LogP contribution in [0.25, 0.3) is 0 Å². The lowest BCUT2D eigenvalue weighted by Crippen LogP contribution is -2.58. The lowest BCUT2D eigenvalue weighted by Gasteiger charge is -2.45. The molecule has 0 spiro atoms. The smallest absolute Gasteiger partial charge is 0.248 e. The fourth-order valence-corrected chi connectivity index (χ4v) is 4.81. The predicted octanol–water partition coefficient (Wildman–Crippen LogP) is 1.94. The highest BCUT2D eigenvalue weighted by atomic mass is 16.2. The highest BCUT2D eigenvalue weighted by Gasteiger charge is 2.41. The third-order valence-corrected chi connectivity index (χ3v) is 6.22. The van der Waals surface area contributed by atoms with E-state index in [1.807, 2.05) is 12.1 Å². The minimum absolute atomic E-state index is 0.0711. The first-order valence-electron chi connectivity index (χ1n) is 9.99. The molecule has 140 valence electrons. The van der Waals surface area contributed by atoms with Gasteiger partial charge in [-0.3, -0.25) is 24.6 Å². The summed E-state index contributed by atoms with van der Waals surface area (Å²) in [4.78, 5) is 30.4. The van der Waals surface area contributed by atoms with Crippen LogP contribution in [0.1, 0.15) is 50.0 Å². The summed E-state index contributed by atoms with van der Waals surface area (Å²) in [5.74, 6) is 0.634. The molecule has 0 aromatic carbocycles. The number of piperidine rings is 3. The van der Waals surface area contributed by atoms with E-state index in [4.69, 9.17) is 0 Å². The van der Waals surface area contributed by atoms with E-state index in [2.05, 4.69) is 10.3 Å². The molecule has 6 nitrogen and oxygen atoms in total. The topological polar surface area (TPSA) is 65.5 Å². The van der Waals surface area contributed by atoms with Gasteiger partial charge in [-0.05, 0) is 75.2 Å². The second kappa shape index (κ2) is 7.74. The van der Waals surface area contributed by atoms with Crippen molar-refractivity contribution in [3.8, 4) is 0 Å². The first kappa shape index (κ1) is 17.5. The number of carbonyl (C=O) groups excluding carboxylic acids is 2. The fourth-order valence-electron chi connectivity index (χ4n) is 4.81. The number of amides is 2. The highest BCUT2D eigenvalue weighted by Crippen LogP contribution is 2.34. The zero-order valence-corrected chi connectivity index (χ0v) is 15.3. The van der Waals surface area contributed by atoms with Crippen LogP contribution in [0.15, 0.2) is 24.5 Å². The molecule has 4 rings (SSSR count). The van der Waals surface area contributed by atoms with Gasteiger partial charge in [-0.25, -0.2) is 0 Å². The zero-order chi connectivity index (χ0) is 17.9. The Morgan fingerprint density at radius 2 is 1.54 bits per heavy atom. The third-order valence-electron chi connectivity index (χ3n) is 6.22. The molecule has 2 amide bonds. The summed E-state index contributed by atoms with van der Waals surface area (Å²) in [5.41, 5.74) is 1.01. The maximum absolute atomic E-state index is 13.2. The lowest BCUT2D eigenvalue weighted by atomic mass is 9.80. The van der Waals surface area contributed by atoms with Crippen LogP contribution in [-0.2, 0) is 9.59 Å². The average molecular weight is 356 g/mol. The standard InChI is InChI=1S/C20H28N4O2/c25-19-17(15-5-9-21-10-6-15)3-1-13-23(19)24-14-2-4-18(20(24)26)16-7-11-22-12-8-16/h5-6,9-10,16-18,22H,1-4,7-8,11-14H2. The van der Waals surface area contributed by atoms with Crippen LogP contribution in [0.4, 0.5) is 0 Å². The average Bonchev–Trinajstić information content (AvgIpc) is 2.70. The van der Waals surface area contributed by atoms with Crippen molar-refractivity contribution >= 4 is 11.8 Å². The summed E-state index contributed by atoms with van der Waals surface area (Å²) in [6, 6.07) is 3.84. The van der Waals surface area contributed by atoms with Crippen molar-refractivity contribution in [2.75, 3.05) is 26.2 Å². The van der Waals surface area contributed by atoms with E-state index in [9.17, 15) is 9.59 Å². The molecule has 3 aliphatic heterocycles. The summed E-state index contributed by atoms with van der Waals surface area (Å²) >= 11 is 0. The molecule has 1 aromatic heterocycles. The number of rotatable bonds is 3. The van der Waals surface area contributed by atoms with Crippen molar-refractivity contribution < 1.29 is 9.59 Å². The summed E-state index contributed by atoms with van der Waals surface area (Å²) in [6.07, 6.45) is 9.34. The minimum Gasteiger partial charge on any atom is -0.317 e. The Hall–Kier alpha value is -1.95. The minimum atomic E-state index is -0.154. The van der Waals surface area contributed by atoms with Crippen molar-refractivity contribution in [3.05, 3.63) is 30.1 Å². The largest absolute Gasteiger partial charge is 0.317 e. The number of hydrogen-bond donors (Lipinski definition) is 1. The summed E-state index contributed by atoms with van der Waals surface area (Å²) in [5, 5.41) is 6.92. The van der Waals surface area contributed by atoms with Crippen LogP contribution in [0.2, 0.25) is 0 Å². The molecule has 3 fully saturated rings. The van der Waals surface area contributed by atoms with Gasteiger partial charge in [0.1, 0.15) is 0 Å². The number of hydrazine groups is 1. The SMILES string of the molecule is O=C1C(c2ccncc2)CCCN1N1CCCC(C2CCNCC2)C1=O. The van der Waals surface area contributed by atoms with Gasteiger partial charge in [0, 0.05) is 31.4 Å². The summed E-state index contributed by atoms with van der Waals surface area (Å²) in [6.45, 7) is 3.34. The molecule has 0 aliphatic carbocycles. The zero-order valence-electron chi connectivity index (χ0n) is 15.3. The van der Waals surface area contributed by atoms with Crippen LogP contribution in [0, 0.1) is 11.8 Å². The van der Waals surface area contributed by atoms with Crippen molar-refractivity contribution in [3.63, 3.8) is 0 Å². The van der Waals surface area contributed by atoms with Gasteiger partial charge in [-0.1, -0.05) is 0 Å². The number of nitrogens with zero attached hydrogens (tertiary/aromatic N) is 3. The van der Waals surface area contributed by atoms with E-state index in [0.29, 0.717) is 19.0 Å². The van der Waals surface area contributed by atoms with Gasteiger partial charge in [0.05, 0.1) is 5.92 Å². The number of aromatic nitrogens is 1. The van der Waals surface area contributed by atoms with Crippen LogP contribution in [-0.4, -0.2) is 53.0 Å². The van der Waals surface area contributed by atoms with Gasteiger partial charge in [-0.15, -0.1) is 0 Å². The summed E-state index contributed by atoms with van der Waals surface area (Å²) < 4.78 is 0. The second-order valence-electron chi connectivity index (χ2n) is 7.73. The molecule has 1 aromatic rings. The Bertz CT molecular complexity index is 644. The Morgan fingerprint density at radius 1 is 0.885 bits per heavy atom. The number of hydrogen-bond acceptors (Lipinski definition) is 4. The number of carbonyl (C=O) groups is 2. The quantitative estimate of drug-likeness (QED) is 0.899. The lowest BCUT2D eigenvalue weighted by molar-refractivity contribution is -0.175. The molecule has 2 atom stereocenters. The highest BCUT2D eigenvalue weighted by molar-refractivity contribution is 5.88. The molecule has 0 bridgehead atoms. The fraction of sp³-hybridized carbons (Fsp3) is 0.650. The van der Waals surface area contributed by atoms with Crippen molar-refractivity contribution in [1.29, 1.82) is 0 Å². The summed E-state index contributed by atoms with van der Waals surface area (Å²) in [7, 11) is 0. The van der Waals surface area contributed by atoms with Crippen LogP contribution >= 0.6 is 0 Å². The third kappa shape index (κ3) is 3.34. The van der Waals surface area contributed by atoms with E-state index >= 15 is 0 Å². The number of nitrogens with one attached hydrogen (secondary N) is 1. The molecule has 3 saturated heterocycles. The molecule has 26 heavy (non-hydrogen) atoms. The Balaban J connectivity index is 1.50. The normalized spacial score (nSPS) is 28.5. The molecule has 3 aliphatic rings. The molecular weight excluding hydrogens is 328 g/mol. The first-order chi connectivity index (χ1) is 12.8. The van der Waals surface area contributed by atoms with Gasteiger partial charge in [0.25, 0.3) is 0 Å². The van der Waals surface area contributed by atoms with E-state index in [1.54, 1.807) is 22.4 Å². The predicted molar refractivity (Wildman–Crippen MR) is 98.0 cm³/mol. The van der Waals surface area contributed by atoms with Crippen LogP contribution < -0.4 is 5.32 Å². The Kier molecular flexibility index (Phi) is 5.20. The Labute approximate surface area is 154 Å². The first-order valence-corrected chi connectivity index (χ1v) is 9.99. The van der Waals surface area contributed by atoms with Crippen molar-refractivity contribution in [1.82, 2.24) is 20.3 Å². The van der Waals surface area contributed by atoms with E-state index in [1.165, 1.54) is 0 Å². The van der Waals surface area contributed by atoms with Gasteiger partial charge in [0.15, 0.2) is 0 Å². The molecular formula is C20H28N4O2. The van der Waals surface area contributed by atoms with Gasteiger partial charge < -0.3 is 5.32 Å². The van der Waals surface area contributed by atoms with Crippen molar-refractivity contribution in [2.45, 2.75) is 44.4 Å². The van der Waals surface area contributed by atoms with E-state index in [-0.39, 0.29) is 23.7 Å². The van der Waals surface area contributed by atoms with E-state index < -0.39 is 0 Å². The monoisotopic (exact) mass is 356 g/mol. The van der Waals surface area contributed by atoms with Crippen LogP contribution in [0.5, 0.6) is 0 Å². The molecule has 0 saturated carbocycles. The van der Waals surface area contributed by atoms with Crippen molar-refractivity contribution in [2.24, 2.45) is 11.8 Å². The van der Waals surface area contributed by atoms with E-state index in [0.717, 1.165) is 57.2 Å². The van der Waals surface area contributed by atoms with Gasteiger partial charge in [-0.2, -0.15) is 0 Å². The maximum atomic E-state index is 13.2. The number of pyridine rings is 1. The van der Waals surface area contributed by atoms with Gasteiger partial charge in [0.2, 0.25) is 11.8 Å². The van der Waals surface area contributed by atoms with Gasteiger partial charge >= 0.3 is 0 Å². The molecule has 1 N–H and O–H groups in total. The second-order valence-corrected chi connectivity index (χ2v) is 7.73. The molecule has 2 unspecified atom stereocenters. The van der Waals surface area contributed by atoms with Crippen LogP contribution in [0.3, 0.4) is 0 Å². The Morgan fingerprint density at radius 3 is 2.27 bits per heavy atom. The molecule has 4 heterocycles.